The molecule has 0 aliphatic heterocycles. The molecule has 0 spiro atoms. The normalized spacial score (nSPS) is 11.9. The molecule has 2 aromatic carbocycles. The maximum atomic E-state index is 6.44. The first-order chi connectivity index (χ1) is 11.0. The van der Waals surface area contributed by atoms with Crippen LogP contribution in [0.5, 0.6) is 0 Å². The third kappa shape index (κ3) is 3.04. The molecule has 0 radical (unpaired) electrons. The molecule has 2 heteroatoms. The van der Waals surface area contributed by atoms with Crippen LogP contribution in [-0.4, -0.2) is 8.07 Å². The number of hydrogen-bond donors (Lipinski definition) is 0. The molecule has 1 nitrogen and oxygen atoms in total. The average Bonchev–Trinajstić information content (AvgIpc) is 3.03. The molecule has 0 saturated heterocycles. The van der Waals surface area contributed by atoms with E-state index in [2.05, 4.69) is 87.6 Å². The lowest BCUT2D eigenvalue weighted by Gasteiger charge is -2.20. The Hall–Kier alpha value is -2.06. The summed E-state index contributed by atoms with van der Waals surface area (Å²) in [5.41, 5.74) is 2.48. The Bertz CT molecular complexity index is 770. The highest BCUT2D eigenvalue weighted by molar-refractivity contribution is 6.99. The van der Waals surface area contributed by atoms with Gasteiger partial charge in [0.15, 0.2) is 8.07 Å². The van der Waals surface area contributed by atoms with Crippen LogP contribution in [0.1, 0.15) is 25.3 Å². The fourth-order valence-corrected chi connectivity index (χ4v) is 5.14. The number of benzene rings is 2. The van der Waals surface area contributed by atoms with Gasteiger partial charge in [-0.25, -0.2) is 0 Å². The van der Waals surface area contributed by atoms with Crippen LogP contribution in [0.25, 0.3) is 11.3 Å². The molecule has 118 valence electrons. The van der Waals surface area contributed by atoms with Crippen molar-refractivity contribution >= 4 is 18.6 Å². The van der Waals surface area contributed by atoms with Crippen molar-refractivity contribution in [2.24, 2.45) is 0 Å². The van der Waals surface area contributed by atoms with Crippen molar-refractivity contribution in [2.75, 3.05) is 0 Å². The van der Waals surface area contributed by atoms with Crippen LogP contribution < -0.4 is 10.6 Å². The van der Waals surface area contributed by atoms with Gasteiger partial charge in [0.25, 0.3) is 0 Å². The summed E-state index contributed by atoms with van der Waals surface area (Å²) in [6.45, 7) is 9.19. The molecule has 0 atom stereocenters. The van der Waals surface area contributed by atoms with Gasteiger partial charge in [0.2, 0.25) is 0 Å². The van der Waals surface area contributed by atoms with E-state index in [9.17, 15) is 0 Å². The molecular weight excluding hydrogens is 296 g/mol. The topological polar surface area (TPSA) is 13.1 Å². The van der Waals surface area contributed by atoms with E-state index in [-0.39, 0.29) is 0 Å². The van der Waals surface area contributed by atoms with Gasteiger partial charge in [0, 0.05) is 11.1 Å². The van der Waals surface area contributed by atoms with Crippen LogP contribution in [0.3, 0.4) is 0 Å². The van der Waals surface area contributed by atoms with Gasteiger partial charge < -0.3 is 4.42 Å². The second-order valence-corrected chi connectivity index (χ2v) is 11.2. The lowest BCUT2D eigenvalue weighted by Crippen LogP contribution is -2.52. The zero-order chi connectivity index (χ0) is 16.4. The van der Waals surface area contributed by atoms with Crippen LogP contribution in [0.15, 0.2) is 71.1 Å². The summed E-state index contributed by atoms with van der Waals surface area (Å²) < 4.78 is 6.44. The van der Waals surface area contributed by atoms with Gasteiger partial charge in [-0.3, -0.25) is 0 Å². The third-order valence-corrected chi connectivity index (χ3v) is 7.79. The molecule has 0 N–H and O–H groups in total. The van der Waals surface area contributed by atoms with Gasteiger partial charge in [0.05, 0.1) is 5.38 Å². The zero-order valence-electron chi connectivity index (χ0n) is 14.3. The van der Waals surface area contributed by atoms with Gasteiger partial charge >= 0.3 is 0 Å². The molecule has 3 aromatic rings. The summed E-state index contributed by atoms with van der Waals surface area (Å²) in [5, 5.41) is 2.56. The Labute approximate surface area is 140 Å². The maximum absolute atomic E-state index is 6.44. The smallest absolute Gasteiger partial charge is 0.156 e. The quantitative estimate of drug-likeness (QED) is 0.624. The molecule has 0 saturated carbocycles. The van der Waals surface area contributed by atoms with E-state index in [1.807, 2.05) is 6.07 Å². The minimum absolute atomic E-state index is 0.447. The molecule has 0 aliphatic rings. The van der Waals surface area contributed by atoms with Crippen molar-refractivity contribution < 1.29 is 4.42 Å². The summed E-state index contributed by atoms with van der Waals surface area (Å²) in [6, 6.07) is 23.5. The van der Waals surface area contributed by atoms with Crippen LogP contribution in [0, 0.1) is 0 Å². The summed E-state index contributed by atoms with van der Waals surface area (Å²) in [7, 11) is -1.81. The van der Waals surface area contributed by atoms with E-state index >= 15 is 0 Å². The van der Waals surface area contributed by atoms with Crippen LogP contribution in [-0.2, 0) is 0 Å². The zero-order valence-corrected chi connectivity index (χ0v) is 15.3. The summed E-state index contributed by atoms with van der Waals surface area (Å²) in [4.78, 5) is 0. The Kier molecular flexibility index (Phi) is 4.27. The lowest BCUT2D eigenvalue weighted by atomic mass is 10.0. The Balaban J connectivity index is 2.12. The van der Waals surface area contributed by atoms with Crippen molar-refractivity contribution in [1.82, 2.24) is 0 Å². The maximum Gasteiger partial charge on any atom is 0.156 e. The SMILES string of the molecule is CC(C)c1cc([Si](C)(C)c2ccccc2)oc1-c1ccccc1. The van der Waals surface area contributed by atoms with Gasteiger partial charge in [-0.1, -0.05) is 92.8 Å². The molecule has 1 heterocycles. The summed E-state index contributed by atoms with van der Waals surface area (Å²) >= 11 is 0. The predicted octanol–water partition coefficient (Wildman–Crippen LogP) is 4.89. The minimum atomic E-state index is -1.81. The van der Waals surface area contributed by atoms with E-state index in [0.717, 1.165) is 11.1 Å². The van der Waals surface area contributed by atoms with Gasteiger partial charge in [-0.15, -0.1) is 0 Å². The number of furan rings is 1. The monoisotopic (exact) mass is 320 g/mol. The van der Waals surface area contributed by atoms with Crippen molar-refractivity contribution in [3.05, 3.63) is 72.3 Å². The Morgan fingerprint density at radius 2 is 1.39 bits per heavy atom. The fraction of sp³-hybridized carbons (Fsp3) is 0.238. The second kappa shape index (κ2) is 6.21. The van der Waals surface area contributed by atoms with Crippen LogP contribution in [0.2, 0.25) is 13.1 Å². The average molecular weight is 321 g/mol. The van der Waals surface area contributed by atoms with Gasteiger partial charge in [-0.05, 0) is 12.0 Å². The highest BCUT2D eigenvalue weighted by atomic mass is 28.3. The molecule has 23 heavy (non-hydrogen) atoms. The molecule has 3 rings (SSSR count). The molecule has 1 aromatic heterocycles. The van der Waals surface area contributed by atoms with Crippen molar-refractivity contribution in [3.63, 3.8) is 0 Å². The fourth-order valence-electron chi connectivity index (χ4n) is 2.95. The molecule has 0 fully saturated rings. The minimum Gasteiger partial charge on any atom is -0.466 e. The highest BCUT2D eigenvalue weighted by Crippen LogP contribution is 2.30. The second-order valence-electron chi connectivity index (χ2n) is 6.91. The van der Waals surface area contributed by atoms with Crippen LogP contribution in [0.4, 0.5) is 0 Å². The van der Waals surface area contributed by atoms with E-state index in [1.165, 1.54) is 16.3 Å². The first-order valence-corrected chi connectivity index (χ1v) is 11.3. The van der Waals surface area contributed by atoms with Crippen molar-refractivity contribution in [1.29, 1.82) is 0 Å². The third-order valence-electron chi connectivity index (χ3n) is 4.53. The van der Waals surface area contributed by atoms with E-state index in [1.54, 1.807) is 0 Å². The first kappa shape index (κ1) is 15.8. The lowest BCUT2D eigenvalue weighted by molar-refractivity contribution is 0.607. The standard InChI is InChI=1S/C21H24OSi/c1-16(2)19-15-20(22-21(19)17-11-7-5-8-12-17)23(3,4)18-13-9-6-10-14-18/h5-16H,1-4H3. The number of hydrogen-bond acceptors (Lipinski definition) is 1. The first-order valence-electron chi connectivity index (χ1n) is 8.25. The van der Waals surface area contributed by atoms with E-state index in [4.69, 9.17) is 4.42 Å². The Morgan fingerprint density at radius 1 is 0.826 bits per heavy atom. The van der Waals surface area contributed by atoms with Gasteiger partial charge in [-0.2, -0.15) is 0 Å². The summed E-state index contributed by atoms with van der Waals surface area (Å²) in [6.07, 6.45) is 0. The molecule has 0 bridgehead atoms. The van der Waals surface area contributed by atoms with Gasteiger partial charge in [0.1, 0.15) is 5.76 Å². The number of rotatable bonds is 4. The largest absolute Gasteiger partial charge is 0.466 e. The molecular formula is C21H24OSi. The van der Waals surface area contributed by atoms with E-state index < -0.39 is 8.07 Å². The highest BCUT2D eigenvalue weighted by Gasteiger charge is 2.31. The Morgan fingerprint density at radius 3 is 1.96 bits per heavy atom. The predicted molar refractivity (Wildman–Crippen MR) is 101 cm³/mol. The van der Waals surface area contributed by atoms with Crippen molar-refractivity contribution in [2.45, 2.75) is 32.9 Å². The van der Waals surface area contributed by atoms with Crippen LogP contribution >= 0.6 is 0 Å². The van der Waals surface area contributed by atoms with Crippen molar-refractivity contribution in [3.8, 4) is 11.3 Å². The molecule has 0 unspecified atom stereocenters. The summed E-state index contributed by atoms with van der Waals surface area (Å²) in [5.74, 6) is 1.48. The molecule has 0 amide bonds. The molecule has 0 aliphatic carbocycles. The van der Waals surface area contributed by atoms with E-state index in [0.29, 0.717) is 5.92 Å².